The summed E-state index contributed by atoms with van der Waals surface area (Å²) in [5, 5.41) is 2.07. The molecule has 1 fully saturated rings. The van der Waals surface area contributed by atoms with Crippen LogP contribution in [0, 0.1) is 0 Å². The Morgan fingerprint density at radius 1 is 1.00 bits per heavy atom. The second-order valence-electron chi connectivity index (χ2n) is 6.61. The van der Waals surface area contributed by atoms with E-state index in [4.69, 9.17) is 0 Å². The number of hydrogen-bond acceptors (Lipinski definition) is 4. The van der Waals surface area contributed by atoms with Crippen LogP contribution in [0.2, 0.25) is 0 Å². The molecule has 0 bridgehead atoms. The summed E-state index contributed by atoms with van der Waals surface area (Å²) in [5.74, 6) is -0.436. The summed E-state index contributed by atoms with van der Waals surface area (Å²) in [7, 11) is -3.32. The zero-order valence-corrected chi connectivity index (χ0v) is 15.9. The topological polar surface area (TPSA) is 83.6 Å². The average Bonchev–Trinajstić information content (AvgIpc) is 2.80. The van der Waals surface area contributed by atoms with Gasteiger partial charge in [-0.25, -0.2) is 8.42 Å². The van der Waals surface area contributed by atoms with Gasteiger partial charge in [0, 0.05) is 31.3 Å². The number of nitrogens with zero attached hydrogens (tertiary/aromatic N) is 1. The van der Waals surface area contributed by atoms with Gasteiger partial charge >= 0.3 is 0 Å². The van der Waals surface area contributed by atoms with Gasteiger partial charge in [0.05, 0.1) is 11.0 Å². The highest BCUT2D eigenvalue weighted by atomic mass is 32.2. The molecule has 6 nitrogen and oxygen atoms in total. The molecule has 1 aliphatic heterocycles. The third kappa shape index (κ3) is 4.54. The van der Waals surface area contributed by atoms with Crippen molar-refractivity contribution in [2.75, 3.05) is 24.2 Å². The average molecular weight is 386 g/mol. The molecule has 0 spiro atoms. The first kappa shape index (κ1) is 19.1. The maximum Gasteiger partial charge on any atom is 0.253 e. The van der Waals surface area contributed by atoms with Crippen molar-refractivity contribution in [3.05, 3.63) is 65.7 Å². The predicted molar refractivity (Wildman–Crippen MR) is 104 cm³/mol. The van der Waals surface area contributed by atoms with E-state index in [1.165, 1.54) is 6.92 Å². The molecule has 0 aliphatic carbocycles. The van der Waals surface area contributed by atoms with Crippen molar-refractivity contribution in [3.8, 4) is 0 Å². The fourth-order valence-electron chi connectivity index (χ4n) is 3.27. The van der Waals surface area contributed by atoms with Gasteiger partial charge in [0.15, 0.2) is 9.84 Å². The van der Waals surface area contributed by atoms with E-state index in [9.17, 15) is 18.0 Å². The number of nitrogens with one attached hydrogen (secondary N) is 1. The van der Waals surface area contributed by atoms with Gasteiger partial charge in [0.1, 0.15) is 0 Å². The van der Waals surface area contributed by atoms with Crippen LogP contribution in [0.1, 0.15) is 34.5 Å². The Morgan fingerprint density at radius 2 is 1.67 bits per heavy atom. The molecule has 0 saturated carbocycles. The summed E-state index contributed by atoms with van der Waals surface area (Å²) >= 11 is 0. The highest BCUT2D eigenvalue weighted by Gasteiger charge is 2.32. The molecule has 1 heterocycles. The maximum atomic E-state index is 12.8. The van der Waals surface area contributed by atoms with Crippen molar-refractivity contribution in [2.45, 2.75) is 18.6 Å². The number of carbonyl (C=O) groups excluding carboxylic acids is 2. The molecule has 2 amide bonds. The van der Waals surface area contributed by atoms with E-state index in [0.29, 0.717) is 24.2 Å². The van der Waals surface area contributed by atoms with E-state index in [2.05, 4.69) is 5.32 Å². The smallest absolute Gasteiger partial charge is 0.253 e. The zero-order valence-electron chi connectivity index (χ0n) is 15.1. The van der Waals surface area contributed by atoms with Crippen LogP contribution in [0.25, 0.3) is 0 Å². The molecule has 1 atom stereocenters. The van der Waals surface area contributed by atoms with E-state index in [-0.39, 0.29) is 24.1 Å². The third-order valence-corrected chi connectivity index (χ3v) is 6.78. The van der Waals surface area contributed by atoms with Crippen LogP contribution < -0.4 is 5.32 Å². The van der Waals surface area contributed by atoms with Gasteiger partial charge in [-0.05, 0) is 36.2 Å². The number of anilines is 1. The quantitative estimate of drug-likeness (QED) is 0.879. The SMILES string of the molecule is CC(=O)Nc1ccc(C(=O)N2CC[C@H](c3ccccc3)S(=O)(=O)CC2)cc1. The van der Waals surface area contributed by atoms with Crippen molar-refractivity contribution in [2.24, 2.45) is 0 Å². The Labute approximate surface area is 159 Å². The standard InChI is InChI=1S/C20H22N2O4S/c1-15(23)21-18-9-7-17(8-10-18)20(24)22-12-11-19(27(25,26)14-13-22)16-5-3-2-4-6-16/h2-10,19H,11-14H2,1H3,(H,21,23)/t19-/m1/s1. The van der Waals surface area contributed by atoms with Crippen molar-refractivity contribution >= 4 is 27.3 Å². The van der Waals surface area contributed by atoms with Crippen molar-refractivity contribution in [3.63, 3.8) is 0 Å². The van der Waals surface area contributed by atoms with Gasteiger partial charge in [-0.2, -0.15) is 0 Å². The van der Waals surface area contributed by atoms with E-state index in [1.807, 2.05) is 30.3 Å². The minimum Gasteiger partial charge on any atom is -0.338 e. The molecule has 0 unspecified atom stereocenters. The molecule has 2 aromatic carbocycles. The predicted octanol–water partition coefficient (Wildman–Crippen LogP) is 2.65. The summed E-state index contributed by atoms with van der Waals surface area (Å²) in [5.41, 5.74) is 1.85. The van der Waals surface area contributed by atoms with Gasteiger partial charge in [-0.3, -0.25) is 9.59 Å². The van der Waals surface area contributed by atoms with Crippen molar-refractivity contribution in [1.82, 2.24) is 4.90 Å². The molecule has 3 rings (SSSR count). The molecule has 0 aromatic heterocycles. The van der Waals surface area contributed by atoms with E-state index in [0.717, 1.165) is 5.56 Å². The number of benzene rings is 2. The lowest BCUT2D eigenvalue weighted by atomic mass is 10.1. The normalized spacial score (nSPS) is 19.1. The highest BCUT2D eigenvalue weighted by molar-refractivity contribution is 7.91. The lowest BCUT2D eigenvalue weighted by molar-refractivity contribution is -0.114. The number of amides is 2. The Kier molecular flexibility index (Phi) is 5.60. The summed E-state index contributed by atoms with van der Waals surface area (Å²) < 4.78 is 25.4. The molecular weight excluding hydrogens is 364 g/mol. The molecule has 27 heavy (non-hydrogen) atoms. The van der Waals surface area contributed by atoms with Gasteiger partial charge in [0.2, 0.25) is 5.91 Å². The van der Waals surface area contributed by atoms with Crippen LogP contribution in [-0.4, -0.2) is 44.0 Å². The first-order valence-corrected chi connectivity index (χ1v) is 10.5. The summed E-state index contributed by atoms with van der Waals surface area (Å²) in [4.78, 5) is 25.5. The van der Waals surface area contributed by atoms with Crippen LogP contribution in [0.4, 0.5) is 5.69 Å². The first-order valence-electron chi connectivity index (χ1n) is 8.80. The molecule has 1 N–H and O–H groups in total. The second-order valence-corrected chi connectivity index (χ2v) is 8.91. The Morgan fingerprint density at radius 3 is 2.30 bits per heavy atom. The third-order valence-electron chi connectivity index (χ3n) is 4.65. The summed E-state index contributed by atoms with van der Waals surface area (Å²) in [6.45, 7) is 1.98. The number of carbonyl (C=O) groups is 2. The van der Waals surface area contributed by atoms with E-state index in [1.54, 1.807) is 29.2 Å². The molecule has 0 radical (unpaired) electrons. The monoisotopic (exact) mass is 386 g/mol. The fourth-order valence-corrected chi connectivity index (χ4v) is 5.07. The van der Waals surface area contributed by atoms with Gasteiger partial charge in [0.25, 0.3) is 5.91 Å². The Bertz CT molecular complexity index is 924. The second kappa shape index (κ2) is 7.92. The molecule has 2 aromatic rings. The zero-order chi connectivity index (χ0) is 19.4. The largest absolute Gasteiger partial charge is 0.338 e. The van der Waals surface area contributed by atoms with Crippen LogP contribution >= 0.6 is 0 Å². The Balaban J connectivity index is 1.75. The lowest BCUT2D eigenvalue weighted by Gasteiger charge is -2.20. The minimum absolute atomic E-state index is 0.0533. The van der Waals surface area contributed by atoms with Gasteiger partial charge < -0.3 is 10.2 Å². The fraction of sp³-hybridized carbons (Fsp3) is 0.300. The lowest BCUT2D eigenvalue weighted by Crippen LogP contribution is -2.33. The maximum absolute atomic E-state index is 12.8. The first-order chi connectivity index (χ1) is 12.9. The summed E-state index contributed by atoms with van der Waals surface area (Å²) in [6.07, 6.45) is 0.377. The van der Waals surface area contributed by atoms with Gasteiger partial charge in [-0.15, -0.1) is 0 Å². The van der Waals surface area contributed by atoms with Gasteiger partial charge in [-0.1, -0.05) is 30.3 Å². The van der Waals surface area contributed by atoms with Crippen LogP contribution in [-0.2, 0) is 14.6 Å². The van der Waals surface area contributed by atoms with E-state index >= 15 is 0 Å². The van der Waals surface area contributed by atoms with Crippen LogP contribution in [0.3, 0.4) is 0 Å². The minimum atomic E-state index is -3.32. The molecule has 7 heteroatoms. The van der Waals surface area contributed by atoms with Crippen molar-refractivity contribution in [1.29, 1.82) is 0 Å². The number of rotatable bonds is 3. The molecule has 1 aliphatic rings. The molecular formula is C20H22N2O4S. The Hall–Kier alpha value is -2.67. The van der Waals surface area contributed by atoms with E-state index < -0.39 is 15.1 Å². The molecule has 1 saturated heterocycles. The highest BCUT2D eigenvalue weighted by Crippen LogP contribution is 2.29. The van der Waals surface area contributed by atoms with Crippen molar-refractivity contribution < 1.29 is 18.0 Å². The van der Waals surface area contributed by atoms with Crippen LogP contribution in [0.15, 0.2) is 54.6 Å². The number of sulfone groups is 1. The molecule has 142 valence electrons. The summed E-state index contributed by atoms with van der Waals surface area (Å²) in [6, 6.07) is 15.8. The van der Waals surface area contributed by atoms with Crippen LogP contribution in [0.5, 0.6) is 0 Å². The number of hydrogen-bond donors (Lipinski definition) is 1.